The predicted molar refractivity (Wildman–Crippen MR) is 66.6 cm³/mol. The summed E-state index contributed by atoms with van der Waals surface area (Å²) < 4.78 is 5.19. The summed E-state index contributed by atoms with van der Waals surface area (Å²) in [6, 6.07) is 7.26. The Morgan fingerprint density at radius 1 is 1.35 bits per heavy atom. The molecule has 0 saturated carbocycles. The van der Waals surface area contributed by atoms with Gasteiger partial charge in [-0.15, -0.1) is 0 Å². The van der Waals surface area contributed by atoms with Crippen LogP contribution in [0.5, 0.6) is 0 Å². The van der Waals surface area contributed by atoms with Gasteiger partial charge in [0.15, 0.2) is 0 Å². The molecular weight excluding hydrogens is 238 g/mol. The Balaban J connectivity index is 2.33. The fourth-order valence-corrected chi connectivity index (χ4v) is 1.45. The molecule has 0 amide bonds. The highest BCUT2D eigenvalue weighted by Gasteiger charge is 2.26. The lowest BCUT2D eigenvalue weighted by molar-refractivity contribution is 0.291. The van der Waals surface area contributed by atoms with E-state index in [1.54, 1.807) is 12.1 Å². The lowest BCUT2D eigenvalue weighted by atomic mass is 10.0. The van der Waals surface area contributed by atoms with Crippen molar-refractivity contribution in [1.82, 2.24) is 10.1 Å². The lowest BCUT2D eigenvalue weighted by Crippen LogP contribution is -2.32. The van der Waals surface area contributed by atoms with Gasteiger partial charge >= 0.3 is 0 Å². The Morgan fingerprint density at radius 2 is 2.00 bits per heavy atom. The van der Waals surface area contributed by atoms with Crippen molar-refractivity contribution in [3.63, 3.8) is 0 Å². The van der Waals surface area contributed by atoms with Crippen LogP contribution in [0, 0.1) is 0 Å². The van der Waals surface area contributed by atoms with Crippen molar-refractivity contribution < 1.29 is 4.52 Å². The molecule has 0 aliphatic heterocycles. The molecular formula is C12H14ClN3O. The summed E-state index contributed by atoms with van der Waals surface area (Å²) >= 11 is 5.82. The summed E-state index contributed by atoms with van der Waals surface area (Å²) in [4.78, 5) is 4.31. The van der Waals surface area contributed by atoms with Crippen molar-refractivity contribution in [3.05, 3.63) is 35.2 Å². The standard InChI is InChI=1S/C12H14ClN3O/c1-3-12(2,14)11-15-10(16-17-11)8-4-6-9(13)7-5-8/h4-7H,3,14H2,1-2H3. The van der Waals surface area contributed by atoms with Crippen LogP contribution < -0.4 is 5.73 Å². The van der Waals surface area contributed by atoms with E-state index < -0.39 is 5.54 Å². The number of rotatable bonds is 3. The molecule has 1 atom stereocenters. The molecule has 0 aliphatic rings. The van der Waals surface area contributed by atoms with Crippen LogP contribution in [0.15, 0.2) is 28.8 Å². The van der Waals surface area contributed by atoms with Gasteiger partial charge in [-0.1, -0.05) is 23.7 Å². The number of nitrogens with zero attached hydrogens (tertiary/aromatic N) is 2. The van der Waals surface area contributed by atoms with Crippen LogP contribution >= 0.6 is 11.6 Å². The van der Waals surface area contributed by atoms with Gasteiger partial charge in [0.25, 0.3) is 0 Å². The van der Waals surface area contributed by atoms with Crippen molar-refractivity contribution >= 4 is 11.6 Å². The molecule has 2 rings (SSSR count). The summed E-state index contributed by atoms with van der Waals surface area (Å²) in [6.45, 7) is 3.85. The number of hydrogen-bond donors (Lipinski definition) is 1. The molecule has 0 radical (unpaired) electrons. The second-order valence-corrected chi connectivity index (χ2v) is 4.64. The molecule has 17 heavy (non-hydrogen) atoms. The second-order valence-electron chi connectivity index (χ2n) is 4.20. The zero-order chi connectivity index (χ0) is 12.5. The van der Waals surface area contributed by atoms with Crippen molar-refractivity contribution in [2.24, 2.45) is 5.73 Å². The van der Waals surface area contributed by atoms with Gasteiger partial charge in [0.2, 0.25) is 11.7 Å². The Labute approximate surface area is 105 Å². The molecule has 0 saturated heterocycles. The number of nitrogens with two attached hydrogens (primary N) is 1. The van der Waals surface area contributed by atoms with E-state index in [-0.39, 0.29) is 0 Å². The van der Waals surface area contributed by atoms with Crippen molar-refractivity contribution in [3.8, 4) is 11.4 Å². The summed E-state index contributed by atoms with van der Waals surface area (Å²) in [6.07, 6.45) is 0.731. The average molecular weight is 252 g/mol. The number of benzene rings is 1. The zero-order valence-electron chi connectivity index (χ0n) is 9.77. The van der Waals surface area contributed by atoms with E-state index in [1.807, 2.05) is 26.0 Å². The normalized spacial score (nSPS) is 14.6. The van der Waals surface area contributed by atoms with Crippen LogP contribution in [-0.2, 0) is 5.54 Å². The van der Waals surface area contributed by atoms with Crippen LogP contribution in [0.2, 0.25) is 5.02 Å². The van der Waals surface area contributed by atoms with Crippen molar-refractivity contribution in [2.45, 2.75) is 25.8 Å². The Kier molecular flexibility index (Phi) is 3.17. The maximum absolute atomic E-state index is 6.04. The van der Waals surface area contributed by atoms with Gasteiger partial charge in [-0.25, -0.2) is 0 Å². The molecule has 1 unspecified atom stereocenters. The first-order chi connectivity index (χ1) is 8.03. The number of halogens is 1. The third-order valence-corrected chi connectivity index (χ3v) is 3.00. The fraction of sp³-hybridized carbons (Fsp3) is 0.333. The number of aromatic nitrogens is 2. The second kappa shape index (κ2) is 4.47. The van der Waals surface area contributed by atoms with Gasteiger partial charge in [0, 0.05) is 10.6 Å². The summed E-state index contributed by atoms with van der Waals surface area (Å²) in [7, 11) is 0. The number of hydrogen-bond acceptors (Lipinski definition) is 4. The highest BCUT2D eigenvalue weighted by atomic mass is 35.5. The molecule has 0 bridgehead atoms. The monoisotopic (exact) mass is 251 g/mol. The van der Waals surface area contributed by atoms with Gasteiger partial charge in [-0.05, 0) is 37.6 Å². The van der Waals surface area contributed by atoms with Crippen LogP contribution in [0.3, 0.4) is 0 Å². The lowest BCUT2D eigenvalue weighted by Gasteiger charge is -2.16. The van der Waals surface area contributed by atoms with E-state index in [0.717, 1.165) is 12.0 Å². The van der Waals surface area contributed by atoms with Crippen LogP contribution in [-0.4, -0.2) is 10.1 Å². The summed E-state index contributed by atoms with van der Waals surface area (Å²) in [5, 5.41) is 4.60. The van der Waals surface area contributed by atoms with E-state index in [2.05, 4.69) is 10.1 Å². The molecule has 90 valence electrons. The SMILES string of the molecule is CCC(C)(N)c1nc(-c2ccc(Cl)cc2)no1. The van der Waals surface area contributed by atoms with Gasteiger partial charge in [-0.2, -0.15) is 4.98 Å². The minimum Gasteiger partial charge on any atom is -0.337 e. The Hall–Kier alpha value is -1.39. The first-order valence-electron chi connectivity index (χ1n) is 5.42. The molecule has 0 spiro atoms. The highest BCUT2D eigenvalue weighted by Crippen LogP contribution is 2.23. The van der Waals surface area contributed by atoms with E-state index in [9.17, 15) is 0 Å². The van der Waals surface area contributed by atoms with Gasteiger partial charge in [-0.3, -0.25) is 0 Å². The fourth-order valence-electron chi connectivity index (χ4n) is 1.32. The summed E-state index contributed by atoms with van der Waals surface area (Å²) in [5.41, 5.74) is 6.31. The first-order valence-corrected chi connectivity index (χ1v) is 5.80. The Bertz CT molecular complexity index is 505. The molecule has 0 fully saturated rings. The van der Waals surface area contributed by atoms with Crippen LogP contribution in [0.25, 0.3) is 11.4 Å². The molecule has 0 aliphatic carbocycles. The van der Waals surface area contributed by atoms with Crippen LogP contribution in [0.4, 0.5) is 0 Å². The van der Waals surface area contributed by atoms with E-state index in [1.165, 1.54) is 0 Å². The zero-order valence-corrected chi connectivity index (χ0v) is 10.5. The largest absolute Gasteiger partial charge is 0.337 e. The van der Waals surface area contributed by atoms with E-state index in [0.29, 0.717) is 16.7 Å². The molecule has 2 N–H and O–H groups in total. The quantitative estimate of drug-likeness (QED) is 0.911. The highest BCUT2D eigenvalue weighted by molar-refractivity contribution is 6.30. The molecule has 1 aromatic carbocycles. The molecule has 5 heteroatoms. The van der Waals surface area contributed by atoms with Crippen molar-refractivity contribution in [2.75, 3.05) is 0 Å². The predicted octanol–water partition coefficient (Wildman–Crippen LogP) is 2.97. The third-order valence-electron chi connectivity index (χ3n) is 2.75. The van der Waals surface area contributed by atoms with Gasteiger partial charge in [0.1, 0.15) is 0 Å². The summed E-state index contributed by atoms with van der Waals surface area (Å²) in [5.74, 6) is 0.978. The smallest absolute Gasteiger partial charge is 0.246 e. The first kappa shape index (κ1) is 12.1. The van der Waals surface area contributed by atoms with Crippen molar-refractivity contribution in [1.29, 1.82) is 0 Å². The third kappa shape index (κ3) is 2.48. The van der Waals surface area contributed by atoms with Gasteiger partial charge < -0.3 is 10.3 Å². The van der Waals surface area contributed by atoms with E-state index >= 15 is 0 Å². The molecule has 4 nitrogen and oxygen atoms in total. The van der Waals surface area contributed by atoms with E-state index in [4.69, 9.17) is 21.9 Å². The molecule has 1 heterocycles. The average Bonchev–Trinajstić information content (AvgIpc) is 2.80. The maximum atomic E-state index is 6.04. The topological polar surface area (TPSA) is 64.9 Å². The Morgan fingerprint density at radius 3 is 2.59 bits per heavy atom. The van der Waals surface area contributed by atoms with Gasteiger partial charge in [0.05, 0.1) is 5.54 Å². The molecule has 1 aromatic heterocycles. The molecule has 2 aromatic rings. The minimum absolute atomic E-state index is 0.449. The maximum Gasteiger partial charge on any atom is 0.246 e. The minimum atomic E-state index is -0.586. The van der Waals surface area contributed by atoms with Crippen LogP contribution in [0.1, 0.15) is 26.2 Å².